The number of nitrogens with one attached hydrogen (secondary N) is 5. The maximum atomic E-state index is 13.0. The minimum atomic E-state index is -0.861. The molecule has 0 radical (unpaired) electrons. The molecule has 4 atom stereocenters. The molecule has 0 aromatic heterocycles. The minimum Gasteiger partial charge on any atom is -0.352 e. The minimum absolute atomic E-state index is 0.108. The average Bonchev–Trinajstić information content (AvgIpc) is 2.72. The van der Waals surface area contributed by atoms with Gasteiger partial charge in [0, 0.05) is 22.2 Å². The molecule has 2 aromatic carbocycles. The van der Waals surface area contributed by atoms with Crippen LogP contribution in [0.1, 0.15) is 12.0 Å². The Bertz CT molecular complexity index is 1100. The average molecular weight is 497 g/mol. The number of carbonyl (C=O) groups is 3. The van der Waals surface area contributed by atoms with Crippen molar-refractivity contribution in [1.82, 2.24) is 16.0 Å². The van der Waals surface area contributed by atoms with Gasteiger partial charge in [0.2, 0.25) is 17.7 Å². The van der Waals surface area contributed by atoms with Crippen molar-refractivity contribution in [1.29, 1.82) is 0 Å². The van der Waals surface area contributed by atoms with Crippen LogP contribution in [0.25, 0.3) is 0 Å². The molecule has 4 unspecified atom stereocenters. The van der Waals surface area contributed by atoms with E-state index < -0.39 is 30.2 Å². The Kier molecular flexibility index (Phi) is 6.48. The van der Waals surface area contributed by atoms with Crippen LogP contribution in [-0.4, -0.2) is 30.2 Å². The van der Waals surface area contributed by atoms with Crippen LogP contribution in [0.15, 0.2) is 36.4 Å². The van der Waals surface area contributed by atoms with Crippen LogP contribution in [0.4, 0.5) is 11.4 Å². The monoisotopic (exact) mass is 495 g/mol. The Morgan fingerprint density at radius 2 is 1.72 bits per heavy atom. The van der Waals surface area contributed by atoms with Gasteiger partial charge in [-0.15, -0.1) is 0 Å². The van der Waals surface area contributed by atoms with Gasteiger partial charge in [-0.25, -0.2) is 0 Å². The number of piperidine rings is 1. The van der Waals surface area contributed by atoms with Gasteiger partial charge in [0.1, 0.15) is 0 Å². The molecule has 8 nitrogen and oxygen atoms in total. The molecule has 5 N–H and O–H groups in total. The smallest absolute Gasteiger partial charge is 0.229 e. The molecule has 2 saturated heterocycles. The third-order valence-corrected chi connectivity index (χ3v) is 6.26. The van der Waals surface area contributed by atoms with E-state index in [0.29, 0.717) is 26.4 Å². The van der Waals surface area contributed by atoms with E-state index in [1.165, 1.54) is 0 Å². The van der Waals surface area contributed by atoms with Crippen LogP contribution >= 0.6 is 34.8 Å². The normalized spacial score (nSPS) is 24.8. The number of amides is 3. The van der Waals surface area contributed by atoms with Gasteiger partial charge >= 0.3 is 0 Å². The zero-order chi connectivity index (χ0) is 23.0. The number of hydrogen-bond acceptors (Lipinski definition) is 5. The highest BCUT2D eigenvalue weighted by Crippen LogP contribution is 2.30. The van der Waals surface area contributed by atoms with Crippen LogP contribution in [0.5, 0.6) is 0 Å². The Hall–Kier alpha value is -2.52. The lowest BCUT2D eigenvalue weighted by Gasteiger charge is -2.43. The van der Waals surface area contributed by atoms with Gasteiger partial charge in [0.15, 0.2) is 6.29 Å². The second kappa shape index (κ2) is 9.15. The predicted octanol–water partition coefficient (Wildman–Crippen LogP) is 3.09. The lowest BCUT2D eigenvalue weighted by Crippen LogP contribution is -2.72. The molecule has 0 spiro atoms. The van der Waals surface area contributed by atoms with Crippen molar-refractivity contribution in [3.05, 3.63) is 57.0 Å². The molecule has 4 rings (SSSR count). The van der Waals surface area contributed by atoms with Crippen molar-refractivity contribution < 1.29 is 14.4 Å². The van der Waals surface area contributed by atoms with E-state index in [1.54, 1.807) is 36.4 Å². The van der Waals surface area contributed by atoms with Crippen LogP contribution in [0, 0.1) is 18.8 Å². The number of aryl methyl sites for hydroxylation is 1. The Labute approximate surface area is 199 Å². The highest BCUT2D eigenvalue weighted by atomic mass is 35.5. The summed E-state index contributed by atoms with van der Waals surface area (Å²) in [7, 11) is 0. The highest BCUT2D eigenvalue weighted by molar-refractivity contribution is 6.36. The Morgan fingerprint density at radius 1 is 1.00 bits per heavy atom. The first-order valence-electron chi connectivity index (χ1n) is 9.85. The molecule has 168 valence electrons. The third-order valence-electron chi connectivity index (χ3n) is 5.48. The molecule has 3 amide bonds. The fraction of sp³-hybridized carbons (Fsp3) is 0.286. The summed E-state index contributed by atoms with van der Waals surface area (Å²) in [5, 5.41) is 15.8. The molecular weight excluding hydrogens is 477 g/mol. The topological polar surface area (TPSA) is 111 Å². The van der Waals surface area contributed by atoms with E-state index in [-0.39, 0.29) is 18.2 Å². The van der Waals surface area contributed by atoms with E-state index >= 15 is 0 Å². The molecule has 2 aromatic rings. The number of rotatable bonds is 4. The molecule has 32 heavy (non-hydrogen) atoms. The van der Waals surface area contributed by atoms with Crippen LogP contribution < -0.4 is 26.6 Å². The lowest BCUT2D eigenvalue weighted by molar-refractivity contribution is -0.144. The first-order chi connectivity index (χ1) is 15.2. The third kappa shape index (κ3) is 4.78. The standard InChI is InChI=1S/C21H20Cl3N5O3/c1-9-2-3-11(23)7-15(9)25-19(31)12-8-16(30)27-18-17(12)20(32)29-21(28-18)26-14-5-4-10(22)6-13(14)24/h2-7,12,17-18,21,26,28H,8H2,1H3,(H,25,31)(H,27,30)(H,29,32). The molecule has 2 aliphatic heterocycles. The molecule has 0 bridgehead atoms. The Morgan fingerprint density at radius 3 is 2.47 bits per heavy atom. The molecule has 0 aliphatic carbocycles. The lowest BCUT2D eigenvalue weighted by atomic mass is 9.81. The molecule has 2 fully saturated rings. The number of carbonyl (C=O) groups excluding carboxylic acids is 3. The summed E-state index contributed by atoms with van der Waals surface area (Å²) in [6.45, 7) is 1.83. The van der Waals surface area contributed by atoms with E-state index in [9.17, 15) is 14.4 Å². The fourth-order valence-electron chi connectivity index (χ4n) is 3.87. The number of halogens is 3. The Balaban J connectivity index is 1.50. The van der Waals surface area contributed by atoms with Gasteiger partial charge < -0.3 is 21.3 Å². The van der Waals surface area contributed by atoms with E-state index in [0.717, 1.165) is 5.56 Å². The van der Waals surface area contributed by atoms with Crippen molar-refractivity contribution in [2.45, 2.75) is 25.8 Å². The predicted molar refractivity (Wildman–Crippen MR) is 123 cm³/mol. The molecule has 2 aliphatic rings. The summed E-state index contributed by atoms with van der Waals surface area (Å²) in [5.74, 6) is -2.80. The van der Waals surface area contributed by atoms with Crippen LogP contribution in [0.2, 0.25) is 15.1 Å². The van der Waals surface area contributed by atoms with Gasteiger partial charge in [0.25, 0.3) is 0 Å². The summed E-state index contributed by atoms with van der Waals surface area (Å²) < 4.78 is 0. The summed E-state index contributed by atoms with van der Waals surface area (Å²) in [6.07, 6.45) is -1.58. The first-order valence-corrected chi connectivity index (χ1v) is 11.0. The summed E-state index contributed by atoms with van der Waals surface area (Å²) in [5.41, 5.74) is 1.89. The van der Waals surface area contributed by atoms with Crippen molar-refractivity contribution >= 4 is 63.9 Å². The zero-order valence-corrected chi connectivity index (χ0v) is 19.1. The van der Waals surface area contributed by atoms with E-state index in [2.05, 4.69) is 26.6 Å². The van der Waals surface area contributed by atoms with Crippen molar-refractivity contribution in [2.24, 2.45) is 11.8 Å². The van der Waals surface area contributed by atoms with E-state index in [1.807, 2.05) is 6.92 Å². The summed E-state index contributed by atoms with van der Waals surface area (Å²) >= 11 is 18.1. The first kappa shape index (κ1) is 22.7. The fourth-order valence-corrected chi connectivity index (χ4v) is 4.51. The summed E-state index contributed by atoms with van der Waals surface area (Å²) in [4.78, 5) is 38.3. The van der Waals surface area contributed by atoms with Gasteiger partial charge in [-0.2, -0.15) is 0 Å². The highest BCUT2D eigenvalue weighted by Gasteiger charge is 2.48. The number of benzene rings is 2. The second-order valence-electron chi connectivity index (χ2n) is 7.71. The van der Waals surface area contributed by atoms with Crippen molar-refractivity contribution in [2.75, 3.05) is 10.6 Å². The van der Waals surface area contributed by atoms with Crippen molar-refractivity contribution in [3.8, 4) is 0 Å². The number of hydrogen-bond donors (Lipinski definition) is 5. The maximum Gasteiger partial charge on any atom is 0.229 e. The second-order valence-corrected chi connectivity index (χ2v) is 8.99. The largest absolute Gasteiger partial charge is 0.352 e. The van der Waals surface area contributed by atoms with Gasteiger partial charge in [-0.3, -0.25) is 19.7 Å². The molecule has 0 saturated carbocycles. The van der Waals surface area contributed by atoms with Crippen LogP contribution in [0.3, 0.4) is 0 Å². The number of anilines is 2. The van der Waals surface area contributed by atoms with E-state index in [4.69, 9.17) is 34.8 Å². The molecular formula is C21H20Cl3N5O3. The molecule has 11 heteroatoms. The quantitative estimate of drug-likeness (QED) is 0.447. The van der Waals surface area contributed by atoms with Gasteiger partial charge in [-0.05, 0) is 42.8 Å². The SMILES string of the molecule is Cc1ccc(Cl)cc1NC(=O)C1CC(=O)NC2NC(Nc3ccc(Cl)cc3Cl)NC(=O)C21. The van der Waals surface area contributed by atoms with Crippen LogP contribution in [-0.2, 0) is 14.4 Å². The summed E-state index contributed by atoms with van der Waals surface area (Å²) in [6, 6.07) is 10.0. The number of fused-ring (bicyclic) bond motifs is 1. The van der Waals surface area contributed by atoms with Gasteiger partial charge in [-0.1, -0.05) is 40.9 Å². The van der Waals surface area contributed by atoms with Crippen molar-refractivity contribution in [3.63, 3.8) is 0 Å². The zero-order valence-electron chi connectivity index (χ0n) is 16.8. The molecule has 2 heterocycles. The van der Waals surface area contributed by atoms with Gasteiger partial charge in [0.05, 0.1) is 28.7 Å². The maximum absolute atomic E-state index is 13.0.